The van der Waals surface area contributed by atoms with E-state index >= 15 is 0 Å². The van der Waals surface area contributed by atoms with Crippen LogP contribution in [0, 0.1) is 12.3 Å². The molecule has 0 saturated carbocycles. The molecule has 6 nitrogen and oxygen atoms in total. The second kappa shape index (κ2) is 7.11. The molecule has 1 spiro atoms. The van der Waals surface area contributed by atoms with Gasteiger partial charge in [-0.05, 0) is 49.8 Å². The van der Waals surface area contributed by atoms with Gasteiger partial charge in [0.15, 0.2) is 0 Å². The van der Waals surface area contributed by atoms with E-state index in [1.54, 1.807) is 12.4 Å². The number of aryl methyl sites for hydroxylation is 1. The number of likely N-dealkylation sites (tertiary alicyclic amines) is 2. The smallest absolute Gasteiger partial charge is 0.274 e. The first kappa shape index (κ1) is 17.1. The van der Waals surface area contributed by atoms with E-state index in [0.29, 0.717) is 11.1 Å². The number of hydrogen-bond donors (Lipinski definition) is 0. The number of rotatable bonds is 3. The van der Waals surface area contributed by atoms with Crippen molar-refractivity contribution >= 4 is 5.91 Å². The van der Waals surface area contributed by atoms with Gasteiger partial charge in [0.2, 0.25) is 0 Å². The summed E-state index contributed by atoms with van der Waals surface area (Å²) in [6.07, 6.45) is 10.4. The van der Waals surface area contributed by atoms with E-state index in [2.05, 4.69) is 25.9 Å². The summed E-state index contributed by atoms with van der Waals surface area (Å²) in [5.74, 6) is 0.0116. The van der Waals surface area contributed by atoms with Crippen LogP contribution in [-0.4, -0.2) is 56.8 Å². The third kappa shape index (κ3) is 3.60. The Hall–Kier alpha value is -2.34. The molecule has 2 fully saturated rings. The molecule has 0 aromatic carbocycles. The van der Waals surface area contributed by atoms with E-state index in [1.165, 1.54) is 12.0 Å². The molecule has 2 aliphatic heterocycles. The number of amides is 1. The normalized spacial score (nSPS) is 19.8. The molecule has 4 heterocycles. The lowest BCUT2D eigenvalue weighted by molar-refractivity contribution is 0.0582. The minimum atomic E-state index is 0.0116. The Labute approximate surface area is 154 Å². The van der Waals surface area contributed by atoms with Gasteiger partial charge in [-0.15, -0.1) is 0 Å². The number of hydrogen-bond acceptors (Lipinski definition) is 5. The van der Waals surface area contributed by atoms with Crippen molar-refractivity contribution in [3.8, 4) is 0 Å². The zero-order valence-corrected chi connectivity index (χ0v) is 15.3. The van der Waals surface area contributed by atoms with Crippen LogP contribution in [-0.2, 0) is 6.54 Å². The maximum Gasteiger partial charge on any atom is 0.274 e. The van der Waals surface area contributed by atoms with Crippen molar-refractivity contribution in [1.29, 1.82) is 0 Å². The SMILES string of the molecule is Cc1cnc(C(=O)N2CCC3(CCN(Cc4cccnc4)C3)CC2)cn1. The molecular formula is C20H25N5O. The number of nitrogens with zero attached hydrogens (tertiary/aromatic N) is 5. The van der Waals surface area contributed by atoms with Crippen LogP contribution < -0.4 is 0 Å². The molecule has 6 heteroatoms. The third-order valence-corrected chi connectivity index (χ3v) is 5.76. The Bertz CT molecular complexity index is 754. The lowest BCUT2D eigenvalue weighted by Gasteiger charge is -2.39. The molecule has 136 valence electrons. The van der Waals surface area contributed by atoms with E-state index in [1.807, 2.05) is 30.3 Å². The summed E-state index contributed by atoms with van der Waals surface area (Å²) >= 11 is 0. The average molecular weight is 351 g/mol. The van der Waals surface area contributed by atoms with E-state index in [-0.39, 0.29) is 5.91 Å². The van der Waals surface area contributed by atoms with Gasteiger partial charge in [-0.25, -0.2) is 4.98 Å². The molecule has 0 bridgehead atoms. The molecule has 0 atom stereocenters. The summed E-state index contributed by atoms with van der Waals surface area (Å²) < 4.78 is 0. The van der Waals surface area contributed by atoms with E-state index in [9.17, 15) is 4.79 Å². The standard InChI is InChI=1S/C20H25N5O/c1-16-11-23-18(13-22-16)19(26)25-9-5-20(6-10-25)4-8-24(15-20)14-17-3-2-7-21-12-17/h2-3,7,11-13H,4-6,8-10,14-15H2,1H3. The largest absolute Gasteiger partial charge is 0.337 e. The first-order chi connectivity index (χ1) is 12.6. The van der Waals surface area contributed by atoms with Crippen LogP contribution in [0.25, 0.3) is 0 Å². The van der Waals surface area contributed by atoms with Crippen molar-refractivity contribution in [2.45, 2.75) is 32.7 Å². The van der Waals surface area contributed by atoms with E-state index < -0.39 is 0 Å². The van der Waals surface area contributed by atoms with Crippen LogP contribution in [0.15, 0.2) is 36.9 Å². The van der Waals surface area contributed by atoms with Gasteiger partial charge in [0.1, 0.15) is 5.69 Å². The van der Waals surface area contributed by atoms with Gasteiger partial charge in [0.05, 0.1) is 11.9 Å². The second-order valence-electron chi connectivity index (χ2n) is 7.66. The zero-order chi connectivity index (χ0) is 18.0. The predicted molar refractivity (Wildman–Crippen MR) is 98.5 cm³/mol. The fourth-order valence-corrected chi connectivity index (χ4v) is 4.17. The summed E-state index contributed by atoms with van der Waals surface area (Å²) in [6.45, 7) is 6.73. The zero-order valence-electron chi connectivity index (χ0n) is 15.3. The van der Waals surface area contributed by atoms with Crippen molar-refractivity contribution in [1.82, 2.24) is 24.8 Å². The highest BCUT2D eigenvalue weighted by Crippen LogP contribution is 2.40. The quantitative estimate of drug-likeness (QED) is 0.849. The minimum absolute atomic E-state index is 0.0116. The Morgan fingerprint density at radius 3 is 2.62 bits per heavy atom. The maximum absolute atomic E-state index is 12.6. The van der Waals surface area contributed by atoms with Gasteiger partial charge < -0.3 is 4.90 Å². The van der Waals surface area contributed by atoms with E-state index in [0.717, 1.165) is 51.3 Å². The molecule has 0 unspecified atom stereocenters. The summed E-state index contributed by atoms with van der Waals surface area (Å²) in [4.78, 5) is 29.7. The number of aromatic nitrogens is 3. The molecular weight excluding hydrogens is 326 g/mol. The highest BCUT2D eigenvalue weighted by Gasteiger charge is 2.41. The lowest BCUT2D eigenvalue weighted by atomic mass is 9.77. The number of pyridine rings is 1. The van der Waals surface area contributed by atoms with Crippen molar-refractivity contribution in [2.24, 2.45) is 5.41 Å². The number of carbonyl (C=O) groups excluding carboxylic acids is 1. The van der Waals surface area contributed by atoms with Crippen molar-refractivity contribution in [3.63, 3.8) is 0 Å². The Balaban J connectivity index is 1.33. The van der Waals surface area contributed by atoms with Gasteiger partial charge in [-0.3, -0.25) is 19.7 Å². The average Bonchev–Trinajstić information content (AvgIpc) is 3.05. The van der Waals surface area contributed by atoms with Crippen LogP contribution in [0.3, 0.4) is 0 Å². The Morgan fingerprint density at radius 1 is 1.12 bits per heavy atom. The monoisotopic (exact) mass is 351 g/mol. The minimum Gasteiger partial charge on any atom is -0.337 e. The van der Waals surface area contributed by atoms with Crippen molar-refractivity contribution in [3.05, 3.63) is 53.9 Å². The molecule has 0 aliphatic carbocycles. The van der Waals surface area contributed by atoms with Gasteiger partial charge in [-0.2, -0.15) is 0 Å². The maximum atomic E-state index is 12.6. The number of carbonyl (C=O) groups is 1. The van der Waals surface area contributed by atoms with E-state index in [4.69, 9.17) is 0 Å². The molecule has 2 aromatic rings. The molecule has 2 saturated heterocycles. The summed E-state index contributed by atoms with van der Waals surface area (Å²) in [5, 5.41) is 0. The highest BCUT2D eigenvalue weighted by molar-refractivity contribution is 5.92. The van der Waals surface area contributed by atoms with Crippen molar-refractivity contribution < 1.29 is 4.79 Å². The van der Waals surface area contributed by atoms with Crippen LogP contribution >= 0.6 is 0 Å². The van der Waals surface area contributed by atoms with Gasteiger partial charge in [0.25, 0.3) is 5.91 Å². The molecule has 4 rings (SSSR count). The second-order valence-corrected chi connectivity index (χ2v) is 7.66. The molecule has 0 radical (unpaired) electrons. The first-order valence-electron chi connectivity index (χ1n) is 9.33. The fourth-order valence-electron chi connectivity index (χ4n) is 4.17. The van der Waals surface area contributed by atoms with Crippen LogP contribution in [0.5, 0.6) is 0 Å². The van der Waals surface area contributed by atoms with Gasteiger partial charge >= 0.3 is 0 Å². The number of piperidine rings is 1. The summed E-state index contributed by atoms with van der Waals surface area (Å²) in [7, 11) is 0. The summed E-state index contributed by atoms with van der Waals surface area (Å²) in [6, 6.07) is 4.14. The van der Waals surface area contributed by atoms with Gasteiger partial charge in [-0.1, -0.05) is 6.07 Å². The first-order valence-corrected chi connectivity index (χ1v) is 9.33. The lowest BCUT2D eigenvalue weighted by Crippen LogP contribution is -2.44. The third-order valence-electron chi connectivity index (χ3n) is 5.76. The molecule has 0 N–H and O–H groups in total. The molecule has 2 aromatic heterocycles. The van der Waals surface area contributed by atoms with Crippen LogP contribution in [0.1, 0.15) is 41.0 Å². The van der Waals surface area contributed by atoms with Crippen LogP contribution in [0.2, 0.25) is 0 Å². The fraction of sp³-hybridized carbons (Fsp3) is 0.500. The molecule has 2 aliphatic rings. The predicted octanol–water partition coefficient (Wildman–Crippen LogP) is 2.31. The Morgan fingerprint density at radius 2 is 1.92 bits per heavy atom. The Kier molecular flexibility index (Phi) is 4.68. The van der Waals surface area contributed by atoms with Gasteiger partial charge in [0, 0.05) is 44.8 Å². The van der Waals surface area contributed by atoms with Crippen molar-refractivity contribution in [2.75, 3.05) is 26.2 Å². The molecule has 1 amide bonds. The molecule has 26 heavy (non-hydrogen) atoms. The topological polar surface area (TPSA) is 62.2 Å². The highest BCUT2D eigenvalue weighted by atomic mass is 16.2. The summed E-state index contributed by atoms with van der Waals surface area (Å²) in [5.41, 5.74) is 2.92. The van der Waals surface area contributed by atoms with Crippen LogP contribution in [0.4, 0.5) is 0 Å².